The highest BCUT2D eigenvalue weighted by molar-refractivity contribution is 6.05. The Hall–Kier alpha value is -5.02. The van der Waals surface area contributed by atoms with Crippen LogP contribution in [-0.4, -0.2) is 0 Å². The van der Waals surface area contributed by atoms with Crippen molar-refractivity contribution in [1.82, 2.24) is 0 Å². The first-order valence-corrected chi connectivity index (χ1v) is 15.3. The Morgan fingerprint density at radius 1 is 0.605 bits per heavy atom. The average molecular weight is 557 g/mol. The summed E-state index contributed by atoms with van der Waals surface area (Å²) < 4.78 is 11.0. The minimum atomic E-state index is 0.932. The van der Waals surface area contributed by atoms with Crippen LogP contribution in [0.5, 0.6) is 0 Å². The number of rotatable bonds is 2. The van der Waals surface area contributed by atoms with Crippen molar-refractivity contribution >= 4 is 44.9 Å². The largest absolute Gasteiger partial charge is 0.456 e. The Bertz CT molecular complexity index is 2320. The summed E-state index contributed by atoms with van der Waals surface area (Å²) >= 11 is 0. The highest BCUT2D eigenvalue weighted by Gasteiger charge is 2.37. The molecule has 0 amide bonds. The summed E-state index contributed by atoms with van der Waals surface area (Å²) in [6.07, 6.45) is 11.2. The summed E-state index contributed by atoms with van der Waals surface area (Å²) in [6, 6.07) is 30.5. The lowest BCUT2D eigenvalue weighted by atomic mass is 9.79. The molecule has 0 saturated heterocycles. The lowest BCUT2D eigenvalue weighted by Gasteiger charge is -2.27. The number of aromatic nitrogens is 2. The minimum absolute atomic E-state index is 0.932. The van der Waals surface area contributed by atoms with E-state index < -0.39 is 0 Å². The molecule has 43 heavy (non-hydrogen) atoms. The molecule has 0 aliphatic carbocycles. The number of para-hydroxylation sites is 1. The van der Waals surface area contributed by atoms with Crippen molar-refractivity contribution in [3.63, 3.8) is 0 Å². The normalized spacial score (nSPS) is 13.8. The molecule has 2 aliphatic heterocycles. The van der Waals surface area contributed by atoms with Crippen molar-refractivity contribution in [2.45, 2.75) is 39.8 Å². The van der Waals surface area contributed by atoms with Crippen LogP contribution in [0.2, 0.25) is 0 Å². The molecule has 0 N–H and O–H groups in total. The van der Waals surface area contributed by atoms with Crippen LogP contribution in [-0.2, 0) is 25.9 Å². The second-order valence-electron chi connectivity index (χ2n) is 12.1. The molecule has 5 heterocycles. The van der Waals surface area contributed by atoms with Gasteiger partial charge in [-0.15, -0.1) is 0 Å². The van der Waals surface area contributed by atoms with Gasteiger partial charge in [-0.2, -0.15) is 9.13 Å². The third-order valence-electron chi connectivity index (χ3n) is 9.89. The maximum absolute atomic E-state index is 6.05. The molecule has 7 aromatic rings. The summed E-state index contributed by atoms with van der Waals surface area (Å²) in [5.74, 6) is 0. The Morgan fingerprint density at radius 3 is 2.14 bits per heavy atom. The van der Waals surface area contributed by atoms with Gasteiger partial charge in [0.15, 0.2) is 25.5 Å². The fraction of sp³-hybridized carbons (Fsp3) is 0.150. The molecular formula is C40H32N2O+2. The Labute approximate surface area is 251 Å². The van der Waals surface area contributed by atoms with Crippen molar-refractivity contribution in [2.24, 2.45) is 0 Å². The minimum Gasteiger partial charge on any atom is -0.456 e. The summed E-state index contributed by atoms with van der Waals surface area (Å²) in [6.45, 7) is 6.71. The van der Waals surface area contributed by atoms with Gasteiger partial charge in [-0.05, 0) is 76.9 Å². The van der Waals surface area contributed by atoms with Crippen molar-refractivity contribution in [1.29, 1.82) is 0 Å². The number of pyridine rings is 2. The topological polar surface area (TPSA) is 20.9 Å². The van der Waals surface area contributed by atoms with Crippen LogP contribution in [0.15, 0.2) is 102 Å². The first-order valence-electron chi connectivity index (χ1n) is 15.3. The molecule has 0 saturated carbocycles. The first-order chi connectivity index (χ1) is 21.1. The van der Waals surface area contributed by atoms with Crippen LogP contribution >= 0.6 is 0 Å². The number of fused-ring (bicyclic) bond motifs is 12. The number of benzene rings is 4. The quantitative estimate of drug-likeness (QED) is 0.196. The van der Waals surface area contributed by atoms with Gasteiger partial charge in [-0.1, -0.05) is 54.6 Å². The van der Waals surface area contributed by atoms with Crippen molar-refractivity contribution in [3.8, 4) is 22.5 Å². The second kappa shape index (κ2) is 9.24. The zero-order valence-corrected chi connectivity index (χ0v) is 24.5. The molecule has 206 valence electrons. The maximum Gasteiger partial charge on any atom is 0.221 e. The van der Waals surface area contributed by atoms with E-state index in [0.717, 1.165) is 47.9 Å². The van der Waals surface area contributed by atoms with Crippen LogP contribution in [0, 0.1) is 13.8 Å². The fourth-order valence-electron chi connectivity index (χ4n) is 7.58. The first kappa shape index (κ1) is 24.6. The number of hydrogen-bond acceptors (Lipinski definition) is 1. The van der Waals surface area contributed by atoms with Crippen molar-refractivity contribution in [2.75, 3.05) is 0 Å². The SMILES string of the molecule is Cc1c(C)c2c(c3c1CC[n+]1ccc(C=Cc4ccc5oc6ccccc6c5c4)cc1-3)-c1c3ccccc3cc[n+]1CC2. The van der Waals surface area contributed by atoms with Gasteiger partial charge in [0.1, 0.15) is 11.2 Å². The van der Waals surface area contributed by atoms with E-state index in [4.69, 9.17) is 4.42 Å². The highest BCUT2D eigenvalue weighted by Crippen LogP contribution is 2.44. The molecule has 0 bridgehead atoms. The van der Waals surface area contributed by atoms with Gasteiger partial charge >= 0.3 is 0 Å². The summed E-state index contributed by atoms with van der Waals surface area (Å²) in [7, 11) is 0. The van der Waals surface area contributed by atoms with Crippen LogP contribution in [0.25, 0.3) is 67.4 Å². The molecule has 3 aromatic heterocycles. The maximum atomic E-state index is 6.05. The van der Waals surface area contributed by atoms with E-state index in [-0.39, 0.29) is 0 Å². The number of aryl methyl sites for hydroxylation is 2. The Morgan fingerprint density at radius 2 is 1.28 bits per heavy atom. The molecule has 4 aromatic carbocycles. The molecule has 0 spiro atoms. The third kappa shape index (κ3) is 3.67. The van der Waals surface area contributed by atoms with Crippen LogP contribution in [0.4, 0.5) is 0 Å². The van der Waals surface area contributed by atoms with E-state index in [2.05, 4.69) is 120 Å². The molecule has 3 heteroatoms. The predicted octanol–water partition coefficient (Wildman–Crippen LogP) is 8.55. The lowest BCUT2D eigenvalue weighted by molar-refractivity contribution is -0.689. The number of hydrogen-bond donors (Lipinski definition) is 0. The fourth-order valence-corrected chi connectivity index (χ4v) is 7.58. The van der Waals surface area contributed by atoms with Crippen molar-refractivity contribution < 1.29 is 13.6 Å². The summed E-state index contributed by atoms with van der Waals surface area (Å²) in [4.78, 5) is 0. The molecule has 2 aliphatic rings. The third-order valence-corrected chi connectivity index (χ3v) is 9.89. The number of furan rings is 1. The van der Waals surface area contributed by atoms with E-state index in [1.807, 2.05) is 12.1 Å². The van der Waals surface area contributed by atoms with Gasteiger partial charge < -0.3 is 4.42 Å². The molecule has 9 rings (SSSR count). The van der Waals surface area contributed by atoms with Gasteiger partial charge in [-0.3, -0.25) is 0 Å². The van der Waals surface area contributed by atoms with Gasteiger partial charge in [-0.25, -0.2) is 0 Å². The molecule has 0 fully saturated rings. The van der Waals surface area contributed by atoms with Gasteiger partial charge in [0.25, 0.3) is 0 Å². The van der Waals surface area contributed by atoms with E-state index in [1.165, 1.54) is 66.7 Å². The second-order valence-corrected chi connectivity index (χ2v) is 12.1. The zero-order chi connectivity index (χ0) is 28.7. The van der Waals surface area contributed by atoms with E-state index in [0.29, 0.717) is 0 Å². The van der Waals surface area contributed by atoms with Crippen LogP contribution in [0.3, 0.4) is 0 Å². The van der Waals surface area contributed by atoms with Gasteiger partial charge in [0.2, 0.25) is 11.4 Å². The number of nitrogens with zero attached hydrogens (tertiary/aromatic N) is 2. The average Bonchev–Trinajstić information content (AvgIpc) is 3.43. The summed E-state index contributed by atoms with van der Waals surface area (Å²) in [5, 5.41) is 4.97. The van der Waals surface area contributed by atoms with E-state index in [9.17, 15) is 0 Å². The molecule has 0 atom stereocenters. The smallest absolute Gasteiger partial charge is 0.221 e. The zero-order valence-electron chi connectivity index (χ0n) is 24.5. The molecular weight excluding hydrogens is 524 g/mol. The molecule has 0 unspecified atom stereocenters. The van der Waals surface area contributed by atoms with Crippen LogP contribution in [0.1, 0.15) is 33.4 Å². The van der Waals surface area contributed by atoms with Gasteiger partial charge in [0, 0.05) is 41.8 Å². The van der Waals surface area contributed by atoms with Gasteiger partial charge in [0.05, 0.1) is 16.5 Å². The van der Waals surface area contributed by atoms with Crippen molar-refractivity contribution in [3.05, 3.63) is 131 Å². The van der Waals surface area contributed by atoms with Crippen LogP contribution < -0.4 is 9.13 Å². The standard InChI is InChI=1S/C40H32N2O/c1-25-26(2)31-18-22-42-20-16-29-7-3-4-8-32(29)40(42)39(31)38-30(25)17-21-41-19-15-28(24-35(38)41)12-11-27-13-14-37-34(23-27)33-9-5-6-10-36(33)43-37/h3-16,19-20,23-24H,17-18,21-22H2,1-2H3/q+2. The predicted molar refractivity (Wildman–Crippen MR) is 175 cm³/mol. The Balaban J connectivity index is 1.21. The summed E-state index contributed by atoms with van der Waals surface area (Å²) in [5.41, 5.74) is 15.8. The van der Waals surface area contributed by atoms with E-state index in [1.54, 1.807) is 0 Å². The highest BCUT2D eigenvalue weighted by atomic mass is 16.3. The van der Waals surface area contributed by atoms with E-state index >= 15 is 0 Å². The molecule has 3 nitrogen and oxygen atoms in total. The lowest BCUT2D eigenvalue weighted by Crippen LogP contribution is -2.43. The molecule has 0 radical (unpaired) electrons. The Kier molecular flexibility index (Phi) is 5.28. The monoisotopic (exact) mass is 556 g/mol.